The third kappa shape index (κ3) is 4.06. The minimum absolute atomic E-state index is 0.182. The molecule has 0 aliphatic carbocycles. The van der Waals surface area contributed by atoms with Gasteiger partial charge in [-0.2, -0.15) is 0 Å². The van der Waals surface area contributed by atoms with Crippen LogP contribution in [0.4, 0.5) is 0 Å². The predicted octanol–water partition coefficient (Wildman–Crippen LogP) is 3.95. The van der Waals surface area contributed by atoms with Crippen LogP contribution in [0, 0.1) is 13.8 Å². The molecule has 0 fully saturated rings. The van der Waals surface area contributed by atoms with Gasteiger partial charge in [0.1, 0.15) is 5.69 Å². The van der Waals surface area contributed by atoms with Crippen molar-refractivity contribution < 1.29 is 23.5 Å². The normalized spacial score (nSPS) is 11.9. The highest BCUT2D eigenvalue weighted by Gasteiger charge is 2.27. The average molecular weight is 397 g/mol. The summed E-state index contributed by atoms with van der Waals surface area (Å²) in [4.78, 5) is 27.7. The van der Waals surface area contributed by atoms with E-state index in [-0.39, 0.29) is 11.6 Å². The lowest BCUT2D eigenvalue weighted by molar-refractivity contribution is 0.0272. The Balaban J connectivity index is 1.78. The molecule has 2 heterocycles. The summed E-state index contributed by atoms with van der Waals surface area (Å²) in [6.07, 6.45) is -0.221. The monoisotopic (exact) mass is 397 g/mol. The van der Waals surface area contributed by atoms with Crippen molar-refractivity contribution in [2.24, 2.45) is 0 Å². The van der Waals surface area contributed by atoms with Gasteiger partial charge in [-0.05, 0) is 44.9 Å². The van der Waals surface area contributed by atoms with Gasteiger partial charge in [-0.15, -0.1) is 10.2 Å². The first-order valence-electron chi connectivity index (χ1n) is 9.26. The lowest BCUT2D eigenvalue weighted by Crippen LogP contribution is -2.11. The molecule has 3 aromatic rings. The molecule has 1 atom stereocenters. The van der Waals surface area contributed by atoms with Crippen LogP contribution >= 0.6 is 0 Å². The fourth-order valence-electron chi connectivity index (χ4n) is 2.99. The average Bonchev–Trinajstić information content (AvgIpc) is 3.33. The van der Waals surface area contributed by atoms with E-state index in [9.17, 15) is 9.59 Å². The molecule has 1 aromatic carbocycles. The number of carbonyl (C=O) groups is 2. The molecule has 0 radical (unpaired) electrons. The minimum Gasteiger partial charge on any atom is -0.465 e. The molecule has 0 bridgehead atoms. The van der Waals surface area contributed by atoms with Crippen molar-refractivity contribution in [1.82, 2.24) is 15.2 Å². The van der Waals surface area contributed by atoms with Crippen molar-refractivity contribution in [3.05, 3.63) is 58.2 Å². The van der Waals surface area contributed by atoms with Crippen LogP contribution in [0.3, 0.4) is 0 Å². The number of methoxy groups -OCH3 is 1. The second-order valence-corrected chi connectivity index (χ2v) is 6.68. The van der Waals surface area contributed by atoms with Crippen LogP contribution in [-0.2, 0) is 15.9 Å². The summed E-state index contributed by atoms with van der Waals surface area (Å²) in [5.41, 5.74) is 3.56. The van der Waals surface area contributed by atoms with E-state index in [0.29, 0.717) is 29.1 Å². The lowest BCUT2D eigenvalue weighted by atomic mass is 10.1. The van der Waals surface area contributed by atoms with Gasteiger partial charge in [-0.3, -0.25) is 0 Å². The number of H-pyrrole nitrogens is 1. The molecule has 1 unspecified atom stereocenters. The van der Waals surface area contributed by atoms with Crippen LogP contribution in [0.25, 0.3) is 11.5 Å². The number of aryl methyl sites for hydroxylation is 2. The number of ether oxygens (including phenoxy) is 2. The van der Waals surface area contributed by atoms with Gasteiger partial charge in [0.15, 0.2) is 6.10 Å². The number of esters is 2. The number of rotatable bonds is 6. The molecule has 0 saturated carbocycles. The Morgan fingerprint density at radius 2 is 1.83 bits per heavy atom. The Labute approximate surface area is 168 Å². The molecule has 3 rings (SSSR count). The highest BCUT2D eigenvalue weighted by Crippen LogP contribution is 2.25. The Bertz CT molecular complexity index is 1030. The predicted molar refractivity (Wildman–Crippen MR) is 105 cm³/mol. The molecular formula is C21H23N3O5. The van der Waals surface area contributed by atoms with Crippen molar-refractivity contribution in [2.75, 3.05) is 7.11 Å². The lowest BCUT2D eigenvalue weighted by Gasteiger charge is -2.09. The molecule has 1 N–H and O–H groups in total. The number of carbonyl (C=O) groups excluding carboxylic acids is 2. The van der Waals surface area contributed by atoms with Gasteiger partial charge in [0, 0.05) is 11.3 Å². The van der Waals surface area contributed by atoms with Crippen LogP contribution in [0.1, 0.15) is 63.5 Å². The SMILES string of the molecule is CCc1[nH]c(C(=O)OC(C)c2nnc(-c3ccc(C)cc3)o2)c(C)c1C(=O)OC. The van der Waals surface area contributed by atoms with Gasteiger partial charge in [0.25, 0.3) is 5.89 Å². The second-order valence-electron chi connectivity index (χ2n) is 6.68. The molecule has 152 valence electrons. The first-order chi connectivity index (χ1) is 13.8. The van der Waals surface area contributed by atoms with Crippen molar-refractivity contribution in [2.45, 2.75) is 40.2 Å². The van der Waals surface area contributed by atoms with Gasteiger partial charge in [-0.25, -0.2) is 9.59 Å². The van der Waals surface area contributed by atoms with E-state index in [1.165, 1.54) is 7.11 Å². The summed E-state index contributed by atoms with van der Waals surface area (Å²) in [5.74, 6) is -0.584. The molecule has 8 heteroatoms. The zero-order chi connectivity index (χ0) is 21.1. The number of hydrogen-bond acceptors (Lipinski definition) is 7. The maximum Gasteiger partial charge on any atom is 0.355 e. The van der Waals surface area contributed by atoms with E-state index in [1.54, 1.807) is 13.8 Å². The Morgan fingerprint density at radius 1 is 1.14 bits per heavy atom. The molecule has 0 amide bonds. The van der Waals surface area contributed by atoms with E-state index in [4.69, 9.17) is 13.9 Å². The zero-order valence-electron chi connectivity index (χ0n) is 17.0. The first kappa shape index (κ1) is 20.3. The van der Waals surface area contributed by atoms with E-state index in [1.807, 2.05) is 38.1 Å². The number of benzene rings is 1. The van der Waals surface area contributed by atoms with Crippen molar-refractivity contribution in [3.8, 4) is 11.5 Å². The minimum atomic E-state index is -0.761. The summed E-state index contributed by atoms with van der Waals surface area (Å²) < 4.78 is 16.0. The van der Waals surface area contributed by atoms with E-state index in [0.717, 1.165) is 11.1 Å². The molecule has 0 saturated heterocycles. The summed E-state index contributed by atoms with van der Waals surface area (Å²) in [6.45, 7) is 7.18. The van der Waals surface area contributed by atoms with E-state index < -0.39 is 18.0 Å². The molecule has 8 nitrogen and oxygen atoms in total. The highest BCUT2D eigenvalue weighted by atomic mass is 16.6. The van der Waals surface area contributed by atoms with Crippen LogP contribution in [0.5, 0.6) is 0 Å². The topological polar surface area (TPSA) is 107 Å². The number of nitrogens with one attached hydrogen (secondary N) is 1. The number of aromatic nitrogens is 3. The molecule has 29 heavy (non-hydrogen) atoms. The van der Waals surface area contributed by atoms with Gasteiger partial charge < -0.3 is 18.9 Å². The maximum atomic E-state index is 12.7. The van der Waals surface area contributed by atoms with Crippen LogP contribution in [0.15, 0.2) is 28.7 Å². The van der Waals surface area contributed by atoms with Crippen molar-refractivity contribution in [1.29, 1.82) is 0 Å². The Hall–Kier alpha value is -3.42. The van der Waals surface area contributed by atoms with Gasteiger partial charge in [-0.1, -0.05) is 24.6 Å². The zero-order valence-corrected chi connectivity index (χ0v) is 17.0. The van der Waals surface area contributed by atoms with Gasteiger partial charge in [0.05, 0.1) is 12.7 Å². The Morgan fingerprint density at radius 3 is 2.45 bits per heavy atom. The first-order valence-corrected chi connectivity index (χ1v) is 9.26. The number of nitrogens with zero attached hydrogens (tertiary/aromatic N) is 2. The standard InChI is InChI=1S/C21H23N3O5/c1-6-15-16(20(25)27-5)12(3)17(22-15)21(26)28-13(4)18-23-24-19(29-18)14-9-7-11(2)8-10-14/h7-10,13,22H,6H2,1-5H3. The quantitative estimate of drug-likeness (QED) is 0.628. The van der Waals surface area contributed by atoms with E-state index in [2.05, 4.69) is 15.2 Å². The number of hydrogen-bond donors (Lipinski definition) is 1. The second kappa shape index (κ2) is 8.30. The highest BCUT2D eigenvalue weighted by molar-refractivity contribution is 5.98. The fourth-order valence-corrected chi connectivity index (χ4v) is 2.99. The van der Waals surface area contributed by atoms with Crippen molar-refractivity contribution in [3.63, 3.8) is 0 Å². The summed E-state index contributed by atoms with van der Waals surface area (Å²) in [7, 11) is 1.30. The smallest absolute Gasteiger partial charge is 0.355 e. The van der Waals surface area contributed by atoms with E-state index >= 15 is 0 Å². The summed E-state index contributed by atoms with van der Waals surface area (Å²) in [5, 5.41) is 8.01. The summed E-state index contributed by atoms with van der Waals surface area (Å²) >= 11 is 0. The molecule has 0 aliphatic heterocycles. The molecule has 2 aromatic heterocycles. The summed E-state index contributed by atoms with van der Waals surface area (Å²) in [6, 6.07) is 7.65. The Kier molecular flexibility index (Phi) is 5.81. The third-order valence-corrected chi connectivity index (χ3v) is 4.65. The molecule has 0 spiro atoms. The van der Waals surface area contributed by atoms with Crippen LogP contribution in [-0.4, -0.2) is 34.2 Å². The molecule has 0 aliphatic rings. The van der Waals surface area contributed by atoms with Gasteiger partial charge in [0.2, 0.25) is 5.89 Å². The maximum absolute atomic E-state index is 12.7. The van der Waals surface area contributed by atoms with Gasteiger partial charge >= 0.3 is 11.9 Å². The fraction of sp³-hybridized carbons (Fsp3) is 0.333. The van der Waals surface area contributed by atoms with Crippen molar-refractivity contribution >= 4 is 11.9 Å². The number of aromatic amines is 1. The third-order valence-electron chi connectivity index (χ3n) is 4.65. The molecular weight excluding hydrogens is 374 g/mol. The largest absolute Gasteiger partial charge is 0.465 e. The van der Waals surface area contributed by atoms with Crippen LogP contribution < -0.4 is 0 Å². The van der Waals surface area contributed by atoms with Crippen LogP contribution in [0.2, 0.25) is 0 Å².